The van der Waals surface area contributed by atoms with Gasteiger partial charge in [0, 0.05) is 26.4 Å². The molecule has 1 fully saturated rings. The van der Waals surface area contributed by atoms with Gasteiger partial charge in [0.25, 0.3) is 0 Å². The van der Waals surface area contributed by atoms with E-state index in [2.05, 4.69) is 21.7 Å². The van der Waals surface area contributed by atoms with Crippen molar-refractivity contribution in [1.82, 2.24) is 10.3 Å². The molecule has 0 spiro atoms. The lowest BCUT2D eigenvalue weighted by Gasteiger charge is -2.19. The van der Waals surface area contributed by atoms with Crippen LogP contribution in [0.3, 0.4) is 0 Å². The zero-order valence-corrected chi connectivity index (χ0v) is 9.10. The Morgan fingerprint density at radius 2 is 2.50 bits per heavy atom. The van der Waals surface area contributed by atoms with Crippen molar-refractivity contribution < 1.29 is 4.74 Å². The third-order valence-corrected chi connectivity index (χ3v) is 2.74. The average molecular weight is 218 g/mol. The van der Waals surface area contributed by atoms with Crippen molar-refractivity contribution in [2.45, 2.75) is 12.1 Å². The summed E-state index contributed by atoms with van der Waals surface area (Å²) in [5.41, 5.74) is 1.37. The van der Waals surface area contributed by atoms with Gasteiger partial charge in [0.05, 0.1) is 29.6 Å². The summed E-state index contributed by atoms with van der Waals surface area (Å²) in [6, 6.07) is 4.02. The number of nitriles is 1. The molecular weight excluding hydrogens is 204 g/mol. The van der Waals surface area contributed by atoms with E-state index in [1.807, 2.05) is 0 Å². The van der Waals surface area contributed by atoms with Gasteiger partial charge in [0.15, 0.2) is 0 Å². The largest absolute Gasteiger partial charge is 0.378 e. The van der Waals surface area contributed by atoms with Crippen LogP contribution in [0.25, 0.3) is 0 Å². The van der Waals surface area contributed by atoms with E-state index in [1.165, 1.54) is 0 Å². The highest BCUT2D eigenvalue weighted by Gasteiger charge is 2.27. The maximum atomic E-state index is 8.95. The van der Waals surface area contributed by atoms with Crippen LogP contribution in [-0.2, 0) is 4.74 Å². The summed E-state index contributed by atoms with van der Waals surface area (Å²) in [5, 5.41) is 15.5. The van der Waals surface area contributed by atoms with Crippen molar-refractivity contribution in [3.05, 3.63) is 24.0 Å². The van der Waals surface area contributed by atoms with E-state index < -0.39 is 0 Å². The first-order valence-electron chi connectivity index (χ1n) is 5.19. The predicted molar refractivity (Wildman–Crippen MR) is 60.0 cm³/mol. The van der Waals surface area contributed by atoms with Gasteiger partial charge in [-0.25, -0.2) is 0 Å². The zero-order chi connectivity index (χ0) is 11.4. The maximum Gasteiger partial charge on any atom is 0.101 e. The topological polar surface area (TPSA) is 70.0 Å². The van der Waals surface area contributed by atoms with E-state index in [0.717, 1.165) is 18.8 Å². The Balaban J connectivity index is 2.12. The molecule has 84 valence electrons. The molecule has 5 nitrogen and oxygen atoms in total. The van der Waals surface area contributed by atoms with Crippen LogP contribution in [0.15, 0.2) is 18.5 Å². The summed E-state index contributed by atoms with van der Waals surface area (Å²) in [5.74, 6) is 0. The number of pyridine rings is 1. The van der Waals surface area contributed by atoms with E-state index in [9.17, 15) is 0 Å². The first-order valence-corrected chi connectivity index (χ1v) is 5.19. The Morgan fingerprint density at radius 3 is 3.25 bits per heavy atom. The van der Waals surface area contributed by atoms with Crippen molar-refractivity contribution >= 4 is 5.69 Å². The molecule has 0 saturated carbocycles. The third kappa shape index (κ3) is 2.13. The molecule has 2 atom stereocenters. The molecule has 0 amide bonds. The molecule has 2 rings (SSSR count). The number of aromatic nitrogens is 1. The quantitative estimate of drug-likeness (QED) is 0.766. The molecular formula is C11H14N4O. The Morgan fingerprint density at radius 1 is 1.62 bits per heavy atom. The third-order valence-electron chi connectivity index (χ3n) is 2.74. The Kier molecular flexibility index (Phi) is 3.34. The second kappa shape index (κ2) is 4.92. The SMILES string of the molecule is CO[C@H]1CNCC1Nc1cnccc1C#N. The Hall–Kier alpha value is -1.64. The molecule has 1 unspecified atom stereocenters. The number of methoxy groups -OCH3 is 1. The fourth-order valence-corrected chi connectivity index (χ4v) is 1.85. The standard InChI is InChI=1S/C11H14N4O/c1-16-11-7-14-6-10(11)15-9-5-13-3-2-8(9)4-12/h2-3,5,10-11,14-15H,6-7H2,1H3/t10?,11-/m0/s1. The number of anilines is 1. The van der Waals surface area contributed by atoms with Crippen molar-refractivity contribution in [2.75, 3.05) is 25.5 Å². The molecule has 0 bridgehead atoms. The van der Waals surface area contributed by atoms with Crippen LogP contribution in [0, 0.1) is 11.3 Å². The molecule has 1 aromatic heterocycles. The van der Waals surface area contributed by atoms with E-state index in [1.54, 1.807) is 25.6 Å². The van der Waals surface area contributed by atoms with E-state index in [0.29, 0.717) is 5.56 Å². The Labute approximate surface area is 94.4 Å². The molecule has 0 radical (unpaired) electrons. The summed E-state index contributed by atoms with van der Waals surface area (Å²) in [6.45, 7) is 1.66. The normalized spacial score (nSPS) is 24.0. The summed E-state index contributed by atoms with van der Waals surface area (Å²) < 4.78 is 5.34. The number of nitrogens with one attached hydrogen (secondary N) is 2. The molecule has 5 heteroatoms. The second-order valence-electron chi connectivity index (χ2n) is 3.72. The Bertz CT molecular complexity index is 401. The van der Waals surface area contributed by atoms with Crippen molar-refractivity contribution in [1.29, 1.82) is 5.26 Å². The molecule has 2 heterocycles. The van der Waals surface area contributed by atoms with Crippen molar-refractivity contribution in [3.8, 4) is 6.07 Å². The van der Waals surface area contributed by atoms with Crippen LogP contribution < -0.4 is 10.6 Å². The van der Waals surface area contributed by atoms with Gasteiger partial charge in [-0.1, -0.05) is 0 Å². The smallest absolute Gasteiger partial charge is 0.101 e. The van der Waals surface area contributed by atoms with E-state index >= 15 is 0 Å². The second-order valence-corrected chi connectivity index (χ2v) is 3.72. The minimum atomic E-state index is 0.131. The van der Waals surface area contributed by atoms with Crippen molar-refractivity contribution in [2.24, 2.45) is 0 Å². The van der Waals surface area contributed by atoms with E-state index in [-0.39, 0.29) is 12.1 Å². The van der Waals surface area contributed by atoms with Gasteiger partial charge in [-0.05, 0) is 6.07 Å². The number of rotatable bonds is 3. The van der Waals surface area contributed by atoms with Gasteiger partial charge in [-0.2, -0.15) is 5.26 Å². The molecule has 1 saturated heterocycles. The van der Waals surface area contributed by atoms with Crippen LogP contribution in [0.2, 0.25) is 0 Å². The first-order chi connectivity index (χ1) is 7.85. The average Bonchev–Trinajstić information content (AvgIpc) is 2.77. The van der Waals surface area contributed by atoms with Gasteiger partial charge in [0.2, 0.25) is 0 Å². The first kappa shape index (κ1) is 10.9. The number of hydrogen-bond donors (Lipinski definition) is 2. The highest BCUT2D eigenvalue weighted by Crippen LogP contribution is 2.16. The fourth-order valence-electron chi connectivity index (χ4n) is 1.85. The zero-order valence-electron chi connectivity index (χ0n) is 9.10. The van der Waals surface area contributed by atoms with Gasteiger partial charge in [0.1, 0.15) is 6.07 Å². The van der Waals surface area contributed by atoms with Crippen LogP contribution >= 0.6 is 0 Å². The van der Waals surface area contributed by atoms with Crippen molar-refractivity contribution in [3.63, 3.8) is 0 Å². The predicted octanol–water partition coefficient (Wildman–Crippen LogP) is 0.352. The van der Waals surface area contributed by atoms with Crippen LogP contribution in [0.5, 0.6) is 0 Å². The van der Waals surface area contributed by atoms with Gasteiger partial charge in [-0.3, -0.25) is 4.98 Å². The van der Waals surface area contributed by atoms with Crippen LogP contribution in [0.4, 0.5) is 5.69 Å². The lowest BCUT2D eigenvalue weighted by Crippen LogP contribution is -2.33. The summed E-state index contributed by atoms with van der Waals surface area (Å²) in [4.78, 5) is 4.01. The lowest BCUT2D eigenvalue weighted by atomic mass is 10.2. The summed E-state index contributed by atoms with van der Waals surface area (Å²) in [6.07, 6.45) is 3.42. The molecule has 0 aromatic carbocycles. The maximum absolute atomic E-state index is 8.95. The van der Waals surface area contributed by atoms with Crippen LogP contribution in [-0.4, -0.2) is 37.3 Å². The molecule has 1 aromatic rings. The summed E-state index contributed by atoms with van der Waals surface area (Å²) >= 11 is 0. The molecule has 1 aliphatic heterocycles. The van der Waals surface area contributed by atoms with E-state index in [4.69, 9.17) is 10.00 Å². The molecule has 0 aliphatic carbocycles. The molecule has 1 aliphatic rings. The minimum Gasteiger partial charge on any atom is -0.378 e. The molecule has 2 N–H and O–H groups in total. The lowest BCUT2D eigenvalue weighted by molar-refractivity contribution is 0.111. The van der Waals surface area contributed by atoms with Gasteiger partial charge in [-0.15, -0.1) is 0 Å². The van der Waals surface area contributed by atoms with Gasteiger partial charge < -0.3 is 15.4 Å². The van der Waals surface area contributed by atoms with Gasteiger partial charge >= 0.3 is 0 Å². The fraction of sp³-hybridized carbons (Fsp3) is 0.455. The highest BCUT2D eigenvalue weighted by atomic mass is 16.5. The van der Waals surface area contributed by atoms with Crippen LogP contribution in [0.1, 0.15) is 5.56 Å². The molecule has 16 heavy (non-hydrogen) atoms. The number of nitrogens with zero attached hydrogens (tertiary/aromatic N) is 2. The number of hydrogen-bond acceptors (Lipinski definition) is 5. The summed E-state index contributed by atoms with van der Waals surface area (Å²) in [7, 11) is 1.70. The minimum absolute atomic E-state index is 0.131. The highest BCUT2D eigenvalue weighted by molar-refractivity contribution is 5.56. The number of ether oxygens (including phenoxy) is 1. The monoisotopic (exact) mass is 218 g/mol.